The molecule has 0 aliphatic heterocycles. The summed E-state index contributed by atoms with van der Waals surface area (Å²) in [6, 6.07) is 9.46. The third kappa shape index (κ3) is 1.39. The Hall–Kier alpha value is -1.48. The molecule has 1 aromatic heterocycles. The van der Waals surface area contributed by atoms with Gasteiger partial charge in [-0.3, -0.25) is 4.98 Å². The maximum Gasteiger partial charge on any atom is 0.139 e. The number of pyridine rings is 1. The van der Waals surface area contributed by atoms with Crippen molar-refractivity contribution >= 4 is 10.9 Å². The van der Waals surface area contributed by atoms with Crippen LogP contribution in [0.2, 0.25) is 0 Å². The van der Waals surface area contributed by atoms with Crippen LogP contribution in [0.15, 0.2) is 36.5 Å². The van der Waals surface area contributed by atoms with Crippen LogP contribution in [0.1, 0.15) is 18.4 Å². The third-order valence-electron chi connectivity index (χ3n) is 3.29. The Balaban J connectivity index is 2.06. The van der Waals surface area contributed by atoms with Gasteiger partial charge in [-0.1, -0.05) is 18.2 Å². The highest BCUT2D eigenvalue weighted by molar-refractivity contribution is 5.79. The highest BCUT2D eigenvalue weighted by atomic mass is 19.1. The van der Waals surface area contributed by atoms with Gasteiger partial charge in [-0.2, -0.15) is 0 Å². The lowest BCUT2D eigenvalue weighted by Gasteiger charge is -2.39. The molecule has 2 N–H and O–H groups in total. The molecule has 0 saturated heterocycles. The average molecular weight is 216 g/mol. The number of alkyl halides is 1. The van der Waals surface area contributed by atoms with E-state index in [1.165, 1.54) is 0 Å². The molecule has 0 unspecified atom stereocenters. The lowest BCUT2D eigenvalue weighted by Crippen LogP contribution is -2.46. The monoisotopic (exact) mass is 216 g/mol. The molecule has 2 aromatic rings. The number of halogens is 1. The van der Waals surface area contributed by atoms with Crippen molar-refractivity contribution in [2.45, 2.75) is 24.6 Å². The maximum absolute atomic E-state index is 14.3. The van der Waals surface area contributed by atoms with Crippen molar-refractivity contribution in [3.8, 4) is 0 Å². The number of nitrogens with zero attached hydrogens (tertiary/aromatic N) is 1. The van der Waals surface area contributed by atoms with E-state index in [0.29, 0.717) is 18.4 Å². The van der Waals surface area contributed by atoms with Crippen LogP contribution in [0.25, 0.3) is 10.9 Å². The first-order chi connectivity index (χ1) is 7.67. The summed E-state index contributed by atoms with van der Waals surface area (Å²) in [4.78, 5) is 4.23. The minimum Gasteiger partial charge on any atom is -0.327 e. The fraction of sp³-hybridized carbons (Fsp3) is 0.308. The number of benzene rings is 1. The Morgan fingerprint density at radius 1 is 1.31 bits per heavy atom. The molecule has 3 heteroatoms. The molecule has 1 fully saturated rings. The number of hydrogen-bond donors (Lipinski definition) is 1. The molecule has 1 aliphatic carbocycles. The number of nitrogens with two attached hydrogens (primary N) is 1. The fourth-order valence-electron chi connectivity index (χ4n) is 2.35. The second kappa shape index (κ2) is 3.25. The third-order valence-corrected chi connectivity index (χ3v) is 3.29. The quantitative estimate of drug-likeness (QED) is 0.795. The Morgan fingerprint density at radius 2 is 2.12 bits per heavy atom. The largest absolute Gasteiger partial charge is 0.327 e. The lowest BCUT2D eigenvalue weighted by molar-refractivity contribution is 0.0407. The van der Waals surface area contributed by atoms with Crippen molar-refractivity contribution in [2.24, 2.45) is 5.73 Å². The van der Waals surface area contributed by atoms with Crippen LogP contribution < -0.4 is 5.73 Å². The second-order valence-corrected chi connectivity index (χ2v) is 4.54. The van der Waals surface area contributed by atoms with E-state index in [1.807, 2.05) is 30.3 Å². The number of hydrogen-bond acceptors (Lipinski definition) is 2. The molecule has 0 amide bonds. The standard InChI is InChI=1S/C13H13FN2/c14-13(7-11(15)8-13)10-4-3-9-2-1-5-16-12(9)6-10/h1-6,11H,7-8,15H2. The van der Waals surface area contributed by atoms with E-state index in [-0.39, 0.29) is 6.04 Å². The Labute approximate surface area is 93.3 Å². The van der Waals surface area contributed by atoms with E-state index in [2.05, 4.69) is 4.98 Å². The molecule has 0 radical (unpaired) electrons. The van der Waals surface area contributed by atoms with Gasteiger partial charge in [0, 0.05) is 30.5 Å². The topological polar surface area (TPSA) is 38.9 Å². The van der Waals surface area contributed by atoms with Gasteiger partial charge in [-0.25, -0.2) is 4.39 Å². The molecule has 1 aromatic carbocycles. The summed E-state index contributed by atoms with van der Waals surface area (Å²) in [7, 11) is 0. The van der Waals surface area contributed by atoms with Gasteiger partial charge in [0.2, 0.25) is 0 Å². The minimum absolute atomic E-state index is 0.00410. The van der Waals surface area contributed by atoms with E-state index in [0.717, 1.165) is 10.9 Å². The smallest absolute Gasteiger partial charge is 0.139 e. The molecule has 1 saturated carbocycles. The van der Waals surface area contributed by atoms with Crippen LogP contribution in [0.5, 0.6) is 0 Å². The van der Waals surface area contributed by atoms with Gasteiger partial charge in [0.15, 0.2) is 0 Å². The number of aromatic nitrogens is 1. The highest BCUT2D eigenvalue weighted by Gasteiger charge is 2.44. The lowest BCUT2D eigenvalue weighted by atomic mass is 9.73. The normalized spacial score (nSPS) is 29.0. The summed E-state index contributed by atoms with van der Waals surface area (Å²) < 4.78 is 14.3. The van der Waals surface area contributed by atoms with E-state index < -0.39 is 5.67 Å². The van der Waals surface area contributed by atoms with Crippen LogP contribution in [-0.4, -0.2) is 11.0 Å². The number of fused-ring (bicyclic) bond motifs is 1. The van der Waals surface area contributed by atoms with Crippen LogP contribution in [-0.2, 0) is 5.67 Å². The van der Waals surface area contributed by atoms with Gasteiger partial charge in [0.1, 0.15) is 5.67 Å². The summed E-state index contributed by atoms with van der Waals surface area (Å²) in [5, 5.41) is 1.04. The van der Waals surface area contributed by atoms with E-state index in [1.54, 1.807) is 6.20 Å². The predicted octanol–water partition coefficient (Wildman–Crippen LogP) is 2.52. The molecule has 0 spiro atoms. The molecule has 1 heterocycles. The molecule has 1 aliphatic rings. The van der Waals surface area contributed by atoms with Crippen molar-refractivity contribution in [3.05, 3.63) is 42.1 Å². The first kappa shape index (κ1) is 9.73. The first-order valence-electron chi connectivity index (χ1n) is 5.47. The zero-order valence-corrected chi connectivity index (χ0v) is 8.86. The molecule has 16 heavy (non-hydrogen) atoms. The molecule has 0 bridgehead atoms. The maximum atomic E-state index is 14.3. The van der Waals surface area contributed by atoms with Crippen LogP contribution in [0.4, 0.5) is 4.39 Å². The van der Waals surface area contributed by atoms with Crippen LogP contribution in [0.3, 0.4) is 0 Å². The van der Waals surface area contributed by atoms with Gasteiger partial charge >= 0.3 is 0 Å². The van der Waals surface area contributed by atoms with Crippen LogP contribution >= 0.6 is 0 Å². The van der Waals surface area contributed by atoms with Crippen molar-refractivity contribution in [3.63, 3.8) is 0 Å². The Morgan fingerprint density at radius 3 is 2.88 bits per heavy atom. The molecule has 0 atom stereocenters. The minimum atomic E-state index is -1.23. The van der Waals surface area contributed by atoms with E-state index in [4.69, 9.17) is 5.73 Å². The second-order valence-electron chi connectivity index (χ2n) is 4.54. The fourth-order valence-corrected chi connectivity index (χ4v) is 2.35. The number of rotatable bonds is 1. The molecular formula is C13H13FN2. The Bertz CT molecular complexity index is 532. The average Bonchev–Trinajstić information content (AvgIpc) is 2.26. The summed E-state index contributed by atoms with van der Waals surface area (Å²) in [6.45, 7) is 0. The Kier molecular flexibility index (Phi) is 1.98. The van der Waals surface area contributed by atoms with Crippen molar-refractivity contribution in [2.75, 3.05) is 0 Å². The van der Waals surface area contributed by atoms with Crippen molar-refractivity contribution in [1.82, 2.24) is 4.98 Å². The van der Waals surface area contributed by atoms with Gasteiger partial charge in [0.25, 0.3) is 0 Å². The van der Waals surface area contributed by atoms with Crippen LogP contribution in [0, 0.1) is 0 Å². The van der Waals surface area contributed by atoms with E-state index >= 15 is 0 Å². The van der Waals surface area contributed by atoms with Gasteiger partial charge in [0.05, 0.1) is 5.52 Å². The predicted molar refractivity (Wildman–Crippen MR) is 61.7 cm³/mol. The molecule has 3 rings (SSSR count). The van der Waals surface area contributed by atoms with Crippen molar-refractivity contribution in [1.29, 1.82) is 0 Å². The van der Waals surface area contributed by atoms with Gasteiger partial charge in [-0.15, -0.1) is 0 Å². The summed E-state index contributed by atoms with van der Waals surface area (Å²) >= 11 is 0. The molecular weight excluding hydrogens is 203 g/mol. The molecule has 2 nitrogen and oxygen atoms in total. The summed E-state index contributed by atoms with van der Waals surface area (Å²) in [5.41, 5.74) is 5.97. The highest BCUT2D eigenvalue weighted by Crippen LogP contribution is 2.44. The zero-order valence-electron chi connectivity index (χ0n) is 8.86. The van der Waals surface area contributed by atoms with Gasteiger partial charge in [-0.05, 0) is 17.7 Å². The first-order valence-corrected chi connectivity index (χ1v) is 5.47. The SMILES string of the molecule is NC1CC(F)(c2ccc3cccnc3c2)C1. The molecule has 82 valence electrons. The summed E-state index contributed by atoms with van der Waals surface area (Å²) in [6.07, 6.45) is 2.57. The van der Waals surface area contributed by atoms with Crippen molar-refractivity contribution < 1.29 is 4.39 Å². The van der Waals surface area contributed by atoms with Gasteiger partial charge < -0.3 is 5.73 Å². The summed E-state index contributed by atoms with van der Waals surface area (Å²) in [5.74, 6) is 0. The zero-order chi connectivity index (χ0) is 11.2. The van der Waals surface area contributed by atoms with E-state index in [9.17, 15) is 4.39 Å².